The van der Waals surface area contributed by atoms with Crippen molar-refractivity contribution >= 4 is 5.97 Å². The molecule has 0 aliphatic carbocycles. The molecule has 2 heterocycles. The van der Waals surface area contributed by atoms with Gasteiger partial charge in [-0.3, -0.25) is 4.79 Å². The third-order valence-corrected chi connectivity index (χ3v) is 2.77. The van der Waals surface area contributed by atoms with Crippen molar-refractivity contribution in [3.63, 3.8) is 0 Å². The van der Waals surface area contributed by atoms with E-state index in [-0.39, 0.29) is 18.6 Å². The molecule has 94 valence electrons. The van der Waals surface area contributed by atoms with Gasteiger partial charge in [-0.2, -0.15) is 0 Å². The van der Waals surface area contributed by atoms with E-state index in [1.54, 1.807) is 0 Å². The van der Waals surface area contributed by atoms with Gasteiger partial charge in [0.15, 0.2) is 0 Å². The van der Waals surface area contributed by atoms with Gasteiger partial charge >= 0.3 is 5.97 Å². The number of ether oxygens (including phenoxy) is 1. The zero-order chi connectivity index (χ0) is 12.3. The molecule has 2 atom stereocenters. The van der Waals surface area contributed by atoms with Gasteiger partial charge in [0.1, 0.15) is 6.10 Å². The smallest absolute Gasteiger partial charge is 0.303 e. The van der Waals surface area contributed by atoms with Crippen molar-refractivity contribution < 1.29 is 19.1 Å². The summed E-state index contributed by atoms with van der Waals surface area (Å²) in [4.78, 5) is 10.4. The Morgan fingerprint density at radius 2 is 2.29 bits per heavy atom. The highest BCUT2D eigenvalue weighted by Crippen LogP contribution is 2.31. The fourth-order valence-electron chi connectivity index (χ4n) is 1.87. The van der Waals surface area contributed by atoms with Gasteiger partial charge in [0, 0.05) is 12.8 Å². The first-order chi connectivity index (χ1) is 8.15. The number of carboxylic acid groups (broad SMARTS) is 1. The molecule has 0 saturated carbocycles. The molecule has 6 nitrogen and oxygen atoms in total. The van der Waals surface area contributed by atoms with E-state index in [1.165, 1.54) is 0 Å². The Balaban J connectivity index is 1.85. The molecule has 1 saturated heterocycles. The lowest BCUT2D eigenvalue weighted by molar-refractivity contribution is -0.137. The van der Waals surface area contributed by atoms with Crippen LogP contribution in [0, 0.1) is 0 Å². The van der Waals surface area contributed by atoms with Crippen LogP contribution in [-0.2, 0) is 16.0 Å². The molecule has 1 aromatic rings. The maximum Gasteiger partial charge on any atom is 0.303 e. The molecule has 0 spiro atoms. The van der Waals surface area contributed by atoms with Crippen LogP contribution in [-0.4, -0.2) is 27.4 Å². The summed E-state index contributed by atoms with van der Waals surface area (Å²) in [6, 6.07) is 0. The summed E-state index contributed by atoms with van der Waals surface area (Å²) in [5.74, 6) is 0.196. The number of carboxylic acids is 1. The average Bonchev–Trinajstić information content (AvgIpc) is 2.86. The minimum Gasteiger partial charge on any atom is -0.481 e. The van der Waals surface area contributed by atoms with Crippen molar-refractivity contribution in [3.05, 3.63) is 11.8 Å². The Morgan fingerprint density at radius 3 is 2.94 bits per heavy atom. The van der Waals surface area contributed by atoms with E-state index in [4.69, 9.17) is 14.3 Å². The third kappa shape index (κ3) is 3.26. The number of aryl methyl sites for hydroxylation is 1. The van der Waals surface area contributed by atoms with Crippen LogP contribution in [0.5, 0.6) is 0 Å². The molecule has 17 heavy (non-hydrogen) atoms. The van der Waals surface area contributed by atoms with Crippen molar-refractivity contribution in [3.8, 4) is 0 Å². The van der Waals surface area contributed by atoms with E-state index in [9.17, 15) is 4.79 Å². The van der Waals surface area contributed by atoms with Crippen LogP contribution in [0.2, 0.25) is 0 Å². The Labute approximate surface area is 99.0 Å². The Kier molecular flexibility index (Phi) is 3.73. The summed E-state index contributed by atoms with van der Waals surface area (Å²) in [6.07, 6.45) is 3.18. The SMILES string of the molecule is CC1CCC(c2nnc(CCCC(=O)O)o2)O1. The van der Waals surface area contributed by atoms with E-state index in [2.05, 4.69) is 10.2 Å². The predicted molar refractivity (Wildman–Crippen MR) is 57.4 cm³/mol. The zero-order valence-corrected chi connectivity index (χ0v) is 9.76. The van der Waals surface area contributed by atoms with Crippen molar-refractivity contribution in [1.29, 1.82) is 0 Å². The normalized spacial score (nSPS) is 24.1. The summed E-state index contributed by atoms with van der Waals surface area (Å²) in [5, 5.41) is 16.3. The topological polar surface area (TPSA) is 85.5 Å². The molecule has 1 aliphatic rings. The summed E-state index contributed by atoms with van der Waals surface area (Å²) in [7, 11) is 0. The second-order valence-corrected chi connectivity index (χ2v) is 4.29. The van der Waals surface area contributed by atoms with Crippen LogP contribution in [0.4, 0.5) is 0 Å². The number of aliphatic carboxylic acids is 1. The van der Waals surface area contributed by atoms with E-state index >= 15 is 0 Å². The van der Waals surface area contributed by atoms with Crippen molar-refractivity contribution in [2.75, 3.05) is 0 Å². The lowest BCUT2D eigenvalue weighted by Gasteiger charge is -2.04. The molecule has 6 heteroatoms. The molecule has 1 aliphatic heterocycles. The minimum atomic E-state index is -0.808. The Morgan fingerprint density at radius 1 is 1.47 bits per heavy atom. The summed E-state index contributed by atoms with van der Waals surface area (Å²) >= 11 is 0. The quantitative estimate of drug-likeness (QED) is 0.843. The Bertz CT molecular complexity index is 391. The highest BCUT2D eigenvalue weighted by molar-refractivity contribution is 5.66. The largest absolute Gasteiger partial charge is 0.481 e. The fourth-order valence-corrected chi connectivity index (χ4v) is 1.87. The summed E-state index contributed by atoms with van der Waals surface area (Å²) in [5.41, 5.74) is 0. The number of rotatable bonds is 5. The first-order valence-electron chi connectivity index (χ1n) is 5.84. The first kappa shape index (κ1) is 12.0. The Hall–Kier alpha value is -1.43. The van der Waals surface area contributed by atoms with Crippen molar-refractivity contribution in [1.82, 2.24) is 10.2 Å². The van der Waals surface area contributed by atoms with Crippen molar-refractivity contribution in [2.24, 2.45) is 0 Å². The van der Waals surface area contributed by atoms with Gasteiger partial charge in [0.05, 0.1) is 6.10 Å². The number of nitrogens with zero attached hydrogens (tertiary/aromatic N) is 2. The van der Waals surface area contributed by atoms with Gasteiger partial charge in [-0.05, 0) is 26.2 Å². The standard InChI is InChI=1S/C11H16N2O4/c1-7-5-6-8(16-7)11-13-12-9(17-11)3-2-4-10(14)15/h7-8H,2-6H2,1H3,(H,14,15). The third-order valence-electron chi connectivity index (χ3n) is 2.77. The van der Waals surface area contributed by atoms with E-state index in [0.717, 1.165) is 12.8 Å². The molecule has 2 rings (SSSR count). The van der Waals surface area contributed by atoms with Gasteiger partial charge in [-0.15, -0.1) is 10.2 Å². The molecule has 2 unspecified atom stereocenters. The molecule has 0 aromatic carbocycles. The van der Waals surface area contributed by atoms with Crippen LogP contribution in [0.3, 0.4) is 0 Å². The number of hydrogen-bond acceptors (Lipinski definition) is 5. The lowest BCUT2D eigenvalue weighted by Crippen LogP contribution is -2.01. The van der Waals surface area contributed by atoms with Gasteiger partial charge in [0.25, 0.3) is 0 Å². The number of carbonyl (C=O) groups is 1. The van der Waals surface area contributed by atoms with E-state index in [0.29, 0.717) is 24.6 Å². The van der Waals surface area contributed by atoms with Crippen LogP contribution in [0.15, 0.2) is 4.42 Å². The number of aromatic nitrogens is 2. The van der Waals surface area contributed by atoms with Gasteiger partial charge in [-0.25, -0.2) is 0 Å². The highest BCUT2D eigenvalue weighted by atomic mass is 16.5. The van der Waals surface area contributed by atoms with Gasteiger partial charge < -0.3 is 14.3 Å². The lowest BCUT2D eigenvalue weighted by atomic mass is 10.2. The summed E-state index contributed by atoms with van der Waals surface area (Å²) < 4.78 is 11.1. The van der Waals surface area contributed by atoms with Crippen LogP contribution in [0.25, 0.3) is 0 Å². The maximum absolute atomic E-state index is 10.4. The van der Waals surface area contributed by atoms with Gasteiger partial charge in [-0.1, -0.05) is 0 Å². The van der Waals surface area contributed by atoms with Gasteiger partial charge in [0.2, 0.25) is 11.8 Å². The van der Waals surface area contributed by atoms with E-state index < -0.39 is 5.97 Å². The average molecular weight is 240 g/mol. The fraction of sp³-hybridized carbons (Fsp3) is 0.727. The molecular weight excluding hydrogens is 224 g/mol. The maximum atomic E-state index is 10.4. The molecule has 1 N–H and O–H groups in total. The molecule has 0 bridgehead atoms. The second-order valence-electron chi connectivity index (χ2n) is 4.29. The molecule has 0 amide bonds. The predicted octanol–water partition coefficient (Wildman–Crippen LogP) is 1.72. The second kappa shape index (κ2) is 5.27. The van der Waals surface area contributed by atoms with Crippen LogP contribution in [0.1, 0.15) is 50.5 Å². The monoisotopic (exact) mass is 240 g/mol. The molecular formula is C11H16N2O4. The van der Waals surface area contributed by atoms with Crippen molar-refractivity contribution in [2.45, 2.75) is 51.2 Å². The van der Waals surface area contributed by atoms with Crippen LogP contribution >= 0.6 is 0 Å². The summed E-state index contributed by atoms with van der Waals surface area (Å²) in [6.45, 7) is 2.02. The zero-order valence-electron chi connectivity index (χ0n) is 9.76. The van der Waals surface area contributed by atoms with Crippen LogP contribution < -0.4 is 0 Å². The molecule has 1 aromatic heterocycles. The number of hydrogen-bond donors (Lipinski definition) is 1. The molecule has 1 fully saturated rings. The molecule has 0 radical (unpaired) electrons. The highest BCUT2D eigenvalue weighted by Gasteiger charge is 2.27. The van der Waals surface area contributed by atoms with E-state index in [1.807, 2.05) is 6.92 Å². The minimum absolute atomic E-state index is 0.0919. The first-order valence-corrected chi connectivity index (χ1v) is 5.84.